The fourth-order valence-corrected chi connectivity index (χ4v) is 4.35. The summed E-state index contributed by atoms with van der Waals surface area (Å²) in [5.74, 6) is -1.12. The van der Waals surface area contributed by atoms with Crippen LogP contribution in [-0.4, -0.2) is 20.6 Å². The molecule has 0 saturated carbocycles. The molecule has 1 aromatic carbocycles. The first kappa shape index (κ1) is 18.3. The number of nitrogens with zero attached hydrogens (tertiary/aromatic N) is 2. The fraction of sp³-hybridized carbons (Fsp3) is 0.286. The van der Waals surface area contributed by atoms with Gasteiger partial charge in [0.25, 0.3) is 5.56 Å². The van der Waals surface area contributed by atoms with Crippen LogP contribution in [0.3, 0.4) is 0 Å². The van der Waals surface area contributed by atoms with Crippen molar-refractivity contribution >= 4 is 28.5 Å². The Labute approximate surface area is 169 Å². The number of carbonyl (C=O) groups is 1. The Morgan fingerprint density at radius 3 is 2.86 bits per heavy atom. The van der Waals surface area contributed by atoms with Crippen molar-refractivity contribution in [1.82, 2.24) is 9.55 Å². The Hall–Kier alpha value is -2.77. The first-order valence-corrected chi connectivity index (χ1v) is 9.63. The molecule has 1 unspecified atom stereocenters. The number of aromatic nitrogens is 2. The average Bonchev–Trinajstić information content (AvgIpc) is 2.97. The number of pyridine rings is 2. The molecule has 2 aromatic heterocycles. The molecule has 0 amide bonds. The number of aliphatic hydroxyl groups is 1. The molecule has 0 saturated heterocycles. The van der Waals surface area contributed by atoms with Gasteiger partial charge in [-0.15, -0.1) is 0 Å². The Morgan fingerprint density at radius 1 is 1.31 bits per heavy atom. The number of hydrogen-bond donors (Lipinski definition) is 1. The Morgan fingerprint density at radius 2 is 2.10 bits per heavy atom. The first-order valence-electron chi connectivity index (χ1n) is 9.25. The lowest BCUT2D eigenvalue weighted by atomic mass is 9.85. The van der Waals surface area contributed by atoms with E-state index in [1.165, 1.54) is 12.1 Å². The smallest absolute Gasteiger partial charge is 0.309 e. The van der Waals surface area contributed by atoms with Gasteiger partial charge in [-0.2, -0.15) is 0 Å². The summed E-state index contributed by atoms with van der Waals surface area (Å²) in [5, 5.41) is 11.8. The van der Waals surface area contributed by atoms with Gasteiger partial charge in [-0.1, -0.05) is 18.5 Å². The lowest BCUT2D eigenvalue weighted by molar-refractivity contribution is -0.149. The number of halogens is 2. The second kappa shape index (κ2) is 6.11. The van der Waals surface area contributed by atoms with Crippen LogP contribution in [0.2, 0.25) is 5.02 Å². The van der Waals surface area contributed by atoms with E-state index < -0.39 is 17.4 Å². The maximum absolute atomic E-state index is 13.9. The highest BCUT2D eigenvalue weighted by atomic mass is 35.5. The lowest BCUT2D eigenvalue weighted by Crippen LogP contribution is -2.32. The summed E-state index contributed by atoms with van der Waals surface area (Å²) in [6, 6.07) is 6.32. The minimum atomic E-state index is -1.49. The van der Waals surface area contributed by atoms with Gasteiger partial charge in [0.1, 0.15) is 18.0 Å². The molecule has 8 heteroatoms. The Kier molecular flexibility index (Phi) is 3.85. The maximum atomic E-state index is 13.9. The molecule has 1 atom stereocenters. The lowest BCUT2D eigenvalue weighted by Gasteiger charge is -2.26. The van der Waals surface area contributed by atoms with Crippen molar-refractivity contribution in [2.75, 3.05) is 0 Å². The third-order valence-electron chi connectivity index (χ3n) is 5.81. The van der Waals surface area contributed by atoms with E-state index >= 15 is 0 Å². The van der Waals surface area contributed by atoms with Crippen LogP contribution < -0.4 is 5.56 Å². The number of fused-ring (bicyclic) bond motifs is 5. The standard InChI is InChI=1S/C21H16ClFN2O4/c1-2-21(28)7-18(26)29-9-12-13(21)5-17-19-11(8-25(17)20(12)27)3-10-4-14(22)15(23)6-16(10)24-19/h3-6,28H,2,7-9H2,1H3. The summed E-state index contributed by atoms with van der Waals surface area (Å²) in [6.07, 6.45) is 0.0286. The van der Waals surface area contributed by atoms with Gasteiger partial charge in [0, 0.05) is 17.0 Å². The molecule has 0 radical (unpaired) electrons. The molecule has 3 aromatic rings. The van der Waals surface area contributed by atoms with Crippen LogP contribution >= 0.6 is 11.6 Å². The van der Waals surface area contributed by atoms with E-state index in [2.05, 4.69) is 4.98 Å². The molecule has 6 nitrogen and oxygen atoms in total. The molecule has 0 aliphatic carbocycles. The number of esters is 1. The molecule has 5 rings (SSSR count). The molecule has 0 bridgehead atoms. The van der Waals surface area contributed by atoms with Crippen molar-refractivity contribution in [3.63, 3.8) is 0 Å². The molecule has 148 valence electrons. The summed E-state index contributed by atoms with van der Waals surface area (Å²) in [6.45, 7) is 1.86. The van der Waals surface area contributed by atoms with E-state index in [9.17, 15) is 19.1 Å². The van der Waals surface area contributed by atoms with Crippen molar-refractivity contribution in [2.45, 2.75) is 38.5 Å². The molecule has 0 spiro atoms. The normalized spacial score (nSPS) is 20.1. The van der Waals surface area contributed by atoms with Crippen LogP contribution in [0.25, 0.3) is 22.3 Å². The number of ether oxygens (including phenoxy) is 1. The van der Waals surface area contributed by atoms with Crippen LogP contribution in [0.15, 0.2) is 29.1 Å². The highest BCUT2D eigenvalue weighted by Gasteiger charge is 2.39. The van der Waals surface area contributed by atoms with E-state index in [0.717, 1.165) is 5.56 Å². The molecular weight excluding hydrogens is 399 g/mol. The van der Waals surface area contributed by atoms with Crippen LogP contribution in [0.4, 0.5) is 4.39 Å². The van der Waals surface area contributed by atoms with Crippen LogP contribution in [-0.2, 0) is 28.3 Å². The zero-order valence-electron chi connectivity index (χ0n) is 15.5. The predicted molar refractivity (Wildman–Crippen MR) is 104 cm³/mol. The van der Waals surface area contributed by atoms with E-state index in [4.69, 9.17) is 16.3 Å². The first-order chi connectivity index (χ1) is 13.8. The third kappa shape index (κ3) is 2.61. The van der Waals surface area contributed by atoms with Gasteiger partial charge in [0.05, 0.1) is 40.5 Å². The molecule has 2 aliphatic rings. The zero-order chi connectivity index (χ0) is 20.5. The SMILES string of the molecule is CCC1(O)CC(=O)OCc2c1cc1n(c2=O)Cc2cc3cc(Cl)c(F)cc3nc2-1. The van der Waals surface area contributed by atoms with Gasteiger partial charge < -0.3 is 14.4 Å². The van der Waals surface area contributed by atoms with Crippen LogP contribution in [0.5, 0.6) is 0 Å². The summed E-state index contributed by atoms with van der Waals surface area (Å²) < 4.78 is 20.6. The monoisotopic (exact) mass is 414 g/mol. The minimum absolute atomic E-state index is 0.00784. The number of benzene rings is 1. The Balaban J connectivity index is 1.78. The van der Waals surface area contributed by atoms with E-state index in [0.29, 0.717) is 27.9 Å². The van der Waals surface area contributed by atoms with Gasteiger partial charge in [0.2, 0.25) is 0 Å². The summed E-state index contributed by atoms with van der Waals surface area (Å²) in [4.78, 5) is 29.7. The fourth-order valence-electron chi connectivity index (χ4n) is 4.18. The summed E-state index contributed by atoms with van der Waals surface area (Å²) >= 11 is 5.89. The molecule has 1 N–H and O–H groups in total. The number of carbonyl (C=O) groups excluding carboxylic acids is 1. The maximum Gasteiger partial charge on any atom is 0.309 e. The van der Waals surface area contributed by atoms with Gasteiger partial charge in [-0.05, 0) is 30.2 Å². The van der Waals surface area contributed by atoms with Crippen molar-refractivity contribution < 1.29 is 19.0 Å². The van der Waals surface area contributed by atoms with E-state index in [-0.39, 0.29) is 42.1 Å². The van der Waals surface area contributed by atoms with Crippen LogP contribution in [0.1, 0.15) is 36.5 Å². The predicted octanol–water partition coefficient (Wildman–Crippen LogP) is 3.26. The molecule has 29 heavy (non-hydrogen) atoms. The second-order valence-corrected chi connectivity index (χ2v) is 7.90. The topological polar surface area (TPSA) is 81.4 Å². The van der Waals surface area contributed by atoms with E-state index in [1.807, 2.05) is 6.07 Å². The summed E-state index contributed by atoms with van der Waals surface area (Å²) in [7, 11) is 0. The van der Waals surface area contributed by atoms with Gasteiger partial charge in [-0.25, -0.2) is 9.37 Å². The van der Waals surface area contributed by atoms with Crippen molar-refractivity contribution in [3.8, 4) is 11.4 Å². The minimum Gasteiger partial charge on any atom is -0.460 e. The number of rotatable bonds is 1. The molecule has 2 aliphatic heterocycles. The van der Waals surface area contributed by atoms with Gasteiger partial charge in [-0.3, -0.25) is 9.59 Å². The molecule has 0 fully saturated rings. The largest absolute Gasteiger partial charge is 0.460 e. The highest BCUT2D eigenvalue weighted by Crippen LogP contribution is 2.39. The molecular formula is C21H16ClFN2O4. The quantitative estimate of drug-likeness (QED) is 0.483. The van der Waals surface area contributed by atoms with E-state index in [1.54, 1.807) is 17.6 Å². The van der Waals surface area contributed by atoms with Crippen molar-refractivity contribution in [1.29, 1.82) is 0 Å². The second-order valence-electron chi connectivity index (χ2n) is 7.49. The average molecular weight is 415 g/mol. The van der Waals surface area contributed by atoms with Gasteiger partial charge >= 0.3 is 5.97 Å². The zero-order valence-corrected chi connectivity index (χ0v) is 16.2. The number of cyclic esters (lactones) is 1. The summed E-state index contributed by atoms with van der Waals surface area (Å²) in [5.41, 5.74) is 1.15. The Bertz CT molecular complexity index is 1290. The van der Waals surface area contributed by atoms with Crippen molar-refractivity contribution in [3.05, 3.63) is 62.1 Å². The highest BCUT2D eigenvalue weighted by molar-refractivity contribution is 6.31. The molecule has 4 heterocycles. The number of hydrogen-bond acceptors (Lipinski definition) is 5. The van der Waals surface area contributed by atoms with Crippen LogP contribution in [0, 0.1) is 5.82 Å². The third-order valence-corrected chi connectivity index (χ3v) is 6.10. The van der Waals surface area contributed by atoms with Crippen molar-refractivity contribution in [2.24, 2.45) is 0 Å². The van der Waals surface area contributed by atoms with Gasteiger partial charge in [0.15, 0.2) is 0 Å².